The van der Waals surface area contributed by atoms with Crippen LogP contribution in [-0.4, -0.2) is 39.4 Å². The predicted molar refractivity (Wildman–Crippen MR) is 115 cm³/mol. The lowest BCUT2D eigenvalue weighted by atomic mass is 9.78. The first-order valence-electron chi connectivity index (χ1n) is 10.4. The Morgan fingerprint density at radius 3 is 2.58 bits per heavy atom. The van der Waals surface area contributed by atoms with E-state index < -0.39 is 23.2 Å². The summed E-state index contributed by atoms with van der Waals surface area (Å²) in [6.07, 6.45) is 1.66. The lowest BCUT2D eigenvalue weighted by Crippen LogP contribution is -2.44. The van der Waals surface area contributed by atoms with Crippen LogP contribution in [0.2, 0.25) is 0 Å². The molecule has 1 aliphatic heterocycles. The van der Waals surface area contributed by atoms with Gasteiger partial charge in [0.05, 0.1) is 17.4 Å². The van der Waals surface area contributed by atoms with Crippen molar-refractivity contribution < 1.29 is 14.3 Å². The molecular formula is C21H28FN5O4. The van der Waals surface area contributed by atoms with Crippen LogP contribution in [0.5, 0.6) is 0 Å². The van der Waals surface area contributed by atoms with Gasteiger partial charge in [-0.2, -0.15) is 4.68 Å². The van der Waals surface area contributed by atoms with E-state index in [-0.39, 0.29) is 23.3 Å². The van der Waals surface area contributed by atoms with Crippen molar-refractivity contribution in [2.75, 3.05) is 23.8 Å². The fraction of sp³-hybridized carbons (Fsp3) is 0.571. The standard InChI is InChI=1S/C21H28FN5O4/c1-10-16(25-7-13(21(3,4)9-25)11(2)24-19(29)30)14(22)8-26-17(10)15(12-5-6-12)18(28)27(23)20(26)31/h8,11-13,24H,5-7,9,23H2,1-4H3,(H,29,30). The Bertz CT molecular complexity index is 1200. The van der Waals surface area contributed by atoms with Crippen molar-refractivity contribution in [1.29, 1.82) is 0 Å². The van der Waals surface area contributed by atoms with Crippen molar-refractivity contribution in [2.24, 2.45) is 11.3 Å². The average Bonchev–Trinajstić information content (AvgIpc) is 3.44. The molecule has 2 fully saturated rings. The molecule has 168 valence electrons. The Kier molecular flexibility index (Phi) is 4.79. The van der Waals surface area contributed by atoms with E-state index in [1.165, 1.54) is 0 Å². The van der Waals surface area contributed by atoms with Crippen molar-refractivity contribution in [3.05, 3.63) is 44.0 Å². The molecule has 0 radical (unpaired) electrons. The number of rotatable bonds is 4. The van der Waals surface area contributed by atoms with E-state index in [0.29, 0.717) is 40.1 Å². The van der Waals surface area contributed by atoms with Crippen molar-refractivity contribution >= 4 is 17.3 Å². The molecule has 1 amide bonds. The Morgan fingerprint density at radius 2 is 2.00 bits per heavy atom. The molecule has 2 aromatic heterocycles. The molecule has 2 aliphatic rings. The van der Waals surface area contributed by atoms with Gasteiger partial charge in [-0.15, -0.1) is 0 Å². The zero-order chi connectivity index (χ0) is 22.8. The van der Waals surface area contributed by atoms with Crippen LogP contribution in [0, 0.1) is 24.1 Å². The van der Waals surface area contributed by atoms with Crippen molar-refractivity contribution in [3.8, 4) is 0 Å². The second kappa shape index (κ2) is 7.00. The molecule has 4 N–H and O–H groups in total. The third-order valence-electron chi connectivity index (χ3n) is 6.81. The third kappa shape index (κ3) is 3.34. The highest BCUT2D eigenvalue weighted by Gasteiger charge is 2.44. The molecule has 1 saturated carbocycles. The number of aryl methyl sites for hydroxylation is 1. The van der Waals surface area contributed by atoms with E-state index in [0.717, 1.165) is 23.4 Å². The molecule has 0 spiro atoms. The maximum Gasteiger partial charge on any atom is 0.404 e. The van der Waals surface area contributed by atoms with Gasteiger partial charge < -0.3 is 21.2 Å². The summed E-state index contributed by atoms with van der Waals surface area (Å²) in [5.74, 6) is 5.06. The Labute approximate surface area is 178 Å². The van der Waals surface area contributed by atoms with E-state index in [2.05, 4.69) is 5.32 Å². The maximum atomic E-state index is 15.3. The number of pyridine rings is 1. The highest BCUT2D eigenvalue weighted by Crippen LogP contribution is 2.44. The van der Waals surface area contributed by atoms with Gasteiger partial charge in [0.1, 0.15) is 0 Å². The van der Waals surface area contributed by atoms with Crippen molar-refractivity contribution in [3.63, 3.8) is 0 Å². The Hall–Kier alpha value is -3.04. The van der Waals surface area contributed by atoms with Crippen LogP contribution in [0.4, 0.5) is 14.9 Å². The van der Waals surface area contributed by atoms with Crippen LogP contribution in [0.1, 0.15) is 50.7 Å². The summed E-state index contributed by atoms with van der Waals surface area (Å²) in [4.78, 5) is 38.4. The number of nitrogens with zero attached hydrogens (tertiary/aromatic N) is 3. The molecule has 10 heteroatoms. The number of hydrogen-bond acceptors (Lipinski definition) is 5. The lowest BCUT2D eigenvalue weighted by Gasteiger charge is -2.30. The molecule has 1 aliphatic carbocycles. The first kappa shape index (κ1) is 21.2. The number of hydrogen-bond donors (Lipinski definition) is 3. The van der Waals surface area contributed by atoms with E-state index in [1.54, 1.807) is 6.92 Å². The number of amides is 1. The molecule has 0 bridgehead atoms. The minimum absolute atomic E-state index is 0.0115. The van der Waals surface area contributed by atoms with E-state index in [9.17, 15) is 14.4 Å². The van der Waals surface area contributed by atoms with Gasteiger partial charge in [0, 0.05) is 36.2 Å². The zero-order valence-electron chi connectivity index (χ0n) is 18.1. The van der Waals surface area contributed by atoms with Gasteiger partial charge in [-0.05, 0) is 38.0 Å². The summed E-state index contributed by atoms with van der Waals surface area (Å²) in [5.41, 5.74) is 0.141. The van der Waals surface area contributed by atoms with Crippen LogP contribution < -0.4 is 27.3 Å². The van der Waals surface area contributed by atoms with Gasteiger partial charge in [0.2, 0.25) is 0 Å². The third-order valence-corrected chi connectivity index (χ3v) is 6.81. The monoisotopic (exact) mass is 433 g/mol. The van der Waals surface area contributed by atoms with E-state index in [4.69, 9.17) is 10.9 Å². The van der Waals surface area contributed by atoms with Gasteiger partial charge in [0.25, 0.3) is 5.56 Å². The molecule has 4 rings (SSSR count). The van der Waals surface area contributed by atoms with E-state index >= 15 is 4.39 Å². The second-order valence-electron chi connectivity index (χ2n) is 9.53. The number of nitrogens with one attached hydrogen (secondary N) is 1. The highest BCUT2D eigenvalue weighted by molar-refractivity contribution is 5.73. The predicted octanol–water partition coefficient (Wildman–Crippen LogP) is 1.62. The first-order chi connectivity index (χ1) is 14.4. The van der Waals surface area contributed by atoms with Crippen molar-refractivity contribution in [2.45, 2.75) is 52.5 Å². The summed E-state index contributed by atoms with van der Waals surface area (Å²) < 4.78 is 17.0. The summed E-state index contributed by atoms with van der Waals surface area (Å²) in [6.45, 7) is 8.53. The van der Waals surface area contributed by atoms with Gasteiger partial charge in [-0.25, -0.2) is 14.0 Å². The SMILES string of the molecule is Cc1c(N2CC(C(C)NC(=O)O)C(C)(C)C2)c(F)cn2c(=O)n(N)c(=O)c(C3CC3)c12. The largest absolute Gasteiger partial charge is 0.465 e. The molecule has 1 saturated heterocycles. The Morgan fingerprint density at radius 1 is 1.35 bits per heavy atom. The fourth-order valence-corrected chi connectivity index (χ4v) is 5.21. The maximum absolute atomic E-state index is 15.3. The highest BCUT2D eigenvalue weighted by atomic mass is 19.1. The Balaban J connectivity index is 1.87. The van der Waals surface area contributed by atoms with E-state index in [1.807, 2.05) is 25.7 Å². The molecule has 2 aromatic rings. The fourth-order valence-electron chi connectivity index (χ4n) is 5.21. The van der Waals surface area contributed by atoms with Gasteiger partial charge >= 0.3 is 11.8 Å². The minimum atomic E-state index is -1.10. The number of fused-ring (bicyclic) bond motifs is 1. The van der Waals surface area contributed by atoms with Crippen LogP contribution >= 0.6 is 0 Å². The number of aromatic nitrogens is 2. The molecular weight excluding hydrogens is 405 g/mol. The smallest absolute Gasteiger partial charge is 0.404 e. The summed E-state index contributed by atoms with van der Waals surface area (Å²) in [6, 6.07) is -0.324. The average molecular weight is 433 g/mol. The van der Waals surface area contributed by atoms with Crippen LogP contribution in [-0.2, 0) is 0 Å². The van der Waals surface area contributed by atoms with Crippen LogP contribution in [0.25, 0.3) is 5.52 Å². The topological polar surface area (TPSA) is 122 Å². The number of nitrogens with two attached hydrogens (primary N) is 1. The number of halogens is 1. The zero-order valence-corrected chi connectivity index (χ0v) is 18.1. The molecule has 31 heavy (non-hydrogen) atoms. The van der Waals surface area contributed by atoms with Gasteiger partial charge in [-0.3, -0.25) is 9.20 Å². The van der Waals surface area contributed by atoms with Crippen LogP contribution in [0.15, 0.2) is 15.8 Å². The number of carbonyl (C=O) groups is 1. The summed E-state index contributed by atoms with van der Waals surface area (Å²) in [7, 11) is 0. The molecule has 2 unspecified atom stereocenters. The molecule has 9 nitrogen and oxygen atoms in total. The van der Waals surface area contributed by atoms with Gasteiger partial charge in [0.15, 0.2) is 5.82 Å². The van der Waals surface area contributed by atoms with Crippen molar-refractivity contribution in [1.82, 2.24) is 14.4 Å². The lowest BCUT2D eigenvalue weighted by molar-refractivity contribution is 0.174. The normalized spacial score (nSPS) is 21.5. The number of anilines is 1. The quantitative estimate of drug-likeness (QED) is 0.630. The summed E-state index contributed by atoms with van der Waals surface area (Å²) in [5, 5.41) is 11.6. The molecule has 0 aromatic carbocycles. The minimum Gasteiger partial charge on any atom is -0.465 e. The van der Waals surface area contributed by atoms with Crippen LogP contribution in [0.3, 0.4) is 0 Å². The second-order valence-corrected chi connectivity index (χ2v) is 9.53. The number of carboxylic acid groups (broad SMARTS) is 1. The van der Waals surface area contributed by atoms with Gasteiger partial charge in [-0.1, -0.05) is 13.8 Å². The number of nitrogen functional groups attached to an aromatic ring is 1. The molecule has 2 atom stereocenters. The summed E-state index contributed by atoms with van der Waals surface area (Å²) >= 11 is 0. The first-order valence-corrected chi connectivity index (χ1v) is 10.4. The molecule has 3 heterocycles.